The average molecular weight is 325 g/mol. The van der Waals surface area contributed by atoms with Crippen LogP contribution >= 0.6 is 0 Å². The molecule has 0 aromatic heterocycles. The third-order valence-corrected chi connectivity index (χ3v) is 4.36. The van der Waals surface area contributed by atoms with Crippen LogP contribution in [0.2, 0.25) is 0 Å². The number of hydrogen-bond acceptors (Lipinski definition) is 4. The summed E-state index contributed by atoms with van der Waals surface area (Å²) in [6.07, 6.45) is 0. The van der Waals surface area contributed by atoms with Crippen molar-refractivity contribution in [3.8, 4) is 5.75 Å². The van der Waals surface area contributed by atoms with Gasteiger partial charge in [-0.15, -0.1) is 0 Å². The van der Waals surface area contributed by atoms with Gasteiger partial charge in [-0.3, -0.25) is 4.79 Å². The zero-order valence-corrected chi connectivity index (χ0v) is 14.2. The van der Waals surface area contributed by atoms with Crippen molar-refractivity contribution in [1.29, 1.82) is 0 Å². The van der Waals surface area contributed by atoms with Crippen molar-refractivity contribution in [3.05, 3.63) is 54.1 Å². The molecule has 0 spiro atoms. The first-order chi connectivity index (χ1) is 11.7. The van der Waals surface area contributed by atoms with E-state index < -0.39 is 0 Å². The maximum absolute atomic E-state index is 12.6. The van der Waals surface area contributed by atoms with Gasteiger partial charge in [0.1, 0.15) is 5.75 Å². The number of carbonyl (C=O) groups is 1. The summed E-state index contributed by atoms with van der Waals surface area (Å²) in [5.74, 6) is 0.831. The lowest BCUT2D eigenvalue weighted by atomic mass is 10.1. The highest BCUT2D eigenvalue weighted by atomic mass is 16.5. The fourth-order valence-electron chi connectivity index (χ4n) is 2.98. The maximum Gasteiger partial charge on any atom is 0.242 e. The molecule has 0 atom stereocenters. The molecule has 2 aromatic carbocycles. The van der Waals surface area contributed by atoms with E-state index in [1.807, 2.05) is 41.3 Å². The first kappa shape index (κ1) is 16.2. The number of hydrogen-bond donors (Lipinski definition) is 1. The smallest absolute Gasteiger partial charge is 0.242 e. The number of anilines is 2. The van der Waals surface area contributed by atoms with Crippen molar-refractivity contribution >= 4 is 17.3 Å². The van der Waals surface area contributed by atoms with Crippen LogP contribution < -0.4 is 15.0 Å². The number of likely N-dealkylation sites (N-methyl/N-ethyl adjacent to an activating group) is 1. The molecule has 24 heavy (non-hydrogen) atoms. The van der Waals surface area contributed by atoms with Crippen LogP contribution in [0.25, 0.3) is 0 Å². The molecular weight excluding hydrogens is 302 g/mol. The highest BCUT2D eigenvalue weighted by molar-refractivity contribution is 5.82. The molecule has 0 radical (unpaired) electrons. The van der Waals surface area contributed by atoms with Crippen LogP contribution in [0.4, 0.5) is 11.4 Å². The van der Waals surface area contributed by atoms with Gasteiger partial charge in [0.05, 0.1) is 19.3 Å². The van der Waals surface area contributed by atoms with E-state index in [2.05, 4.69) is 29.4 Å². The Morgan fingerprint density at radius 2 is 1.88 bits per heavy atom. The summed E-state index contributed by atoms with van der Waals surface area (Å²) in [5.41, 5.74) is 3.22. The zero-order chi connectivity index (χ0) is 16.9. The molecule has 0 bridgehead atoms. The van der Waals surface area contributed by atoms with Crippen LogP contribution in [0.15, 0.2) is 48.5 Å². The van der Waals surface area contributed by atoms with Gasteiger partial charge < -0.3 is 19.9 Å². The monoisotopic (exact) mass is 325 g/mol. The summed E-state index contributed by atoms with van der Waals surface area (Å²) in [4.78, 5) is 16.8. The molecule has 0 fully saturated rings. The topological polar surface area (TPSA) is 44.8 Å². The van der Waals surface area contributed by atoms with Gasteiger partial charge in [0.25, 0.3) is 0 Å². The van der Waals surface area contributed by atoms with Crippen molar-refractivity contribution in [2.45, 2.75) is 6.54 Å². The van der Waals surface area contributed by atoms with Gasteiger partial charge in [0.15, 0.2) is 0 Å². The minimum atomic E-state index is 0.0889. The number of nitrogens with zero attached hydrogens (tertiary/aromatic N) is 2. The fourth-order valence-corrected chi connectivity index (χ4v) is 2.98. The van der Waals surface area contributed by atoms with Gasteiger partial charge in [-0.1, -0.05) is 30.3 Å². The van der Waals surface area contributed by atoms with E-state index in [4.69, 9.17) is 4.74 Å². The third kappa shape index (κ3) is 3.45. The van der Waals surface area contributed by atoms with E-state index in [-0.39, 0.29) is 12.5 Å². The van der Waals surface area contributed by atoms with E-state index in [0.29, 0.717) is 6.54 Å². The predicted octanol–water partition coefficient (Wildman–Crippen LogP) is 2.59. The number of methoxy groups -OCH3 is 1. The van der Waals surface area contributed by atoms with Crippen LogP contribution in [0.1, 0.15) is 5.56 Å². The Morgan fingerprint density at radius 3 is 2.71 bits per heavy atom. The average Bonchev–Trinajstić information content (AvgIpc) is 2.79. The summed E-state index contributed by atoms with van der Waals surface area (Å²) in [6.45, 7) is 2.45. The number of para-hydroxylation sites is 3. The molecule has 0 unspecified atom stereocenters. The van der Waals surface area contributed by atoms with Gasteiger partial charge in [0, 0.05) is 32.4 Å². The van der Waals surface area contributed by atoms with Crippen LogP contribution in [0.3, 0.4) is 0 Å². The minimum Gasteiger partial charge on any atom is -0.495 e. The first-order valence-corrected chi connectivity index (χ1v) is 8.12. The lowest BCUT2D eigenvalue weighted by Crippen LogP contribution is -2.37. The number of rotatable bonds is 4. The molecule has 0 aliphatic carbocycles. The number of carbonyl (C=O) groups excluding carboxylic acids is 1. The molecular formula is C19H23N3O2. The Hall–Kier alpha value is -2.69. The van der Waals surface area contributed by atoms with Crippen LogP contribution in [0.5, 0.6) is 5.75 Å². The minimum absolute atomic E-state index is 0.0889. The Labute approximate surface area is 142 Å². The SMILES string of the molecule is COc1ccccc1NCC(=O)N1CCN(C)c2ccccc2C1. The maximum atomic E-state index is 12.6. The van der Waals surface area contributed by atoms with Crippen molar-refractivity contribution in [1.82, 2.24) is 4.90 Å². The van der Waals surface area contributed by atoms with Gasteiger partial charge in [-0.05, 0) is 23.8 Å². The van der Waals surface area contributed by atoms with Crippen LogP contribution in [-0.2, 0) is 11.3 Å². The van der Waals surface area contributed by atoms with Crippen molar-refractivity contribution in [2.75, 3.05) is 44.0 Å². The van der Waals surface area contributed by atoms with Crippen LogP contribution in [-0.4, -0.2) is 44.6 Å². The summed E-state index contributed by atoms with van der Waals surface area (Å²) >= 11 is 0. The molecule has 0 saturated heterocycles. The number of ether oxygens (including phenoxy) is 1. The van der Waals surface area contributed by atoms with E-state index in [0.717, 1.165) is 24.5 Å². The van der Waals surface area contributed by atoms with E-state index in [1.165, 1.54) is 11.3 Å². The van der Waals surface area contributed by atoms with Gasteiger partial charge in [-0.25, -0.2) is 0 Å². The fraction of sp³-hybridized carbons (Fsp3) is 0.316. The molecule has 1 aliphatic rings. The lowest BCUT2D eigenvalue weighted by molar-refractivity contribution is -0.129. The standard InChI is InChI=1S/C19H23N3O2/c1-21-11-12-22(14-15-7-3-5-9-17(15)21)19(23)13-20-16-8-4-6-10-18(16)24-2/h3-10,20H,11-14H2,1-2H3. The Morgan fingerprint density at radius 1 is 1.12 bits per heavy atom. The lowest BCUT2D eigenvalue weighted by Gasteiger charge is -2.22. The Bertz CT molecular complexity index is 717. The first-order valence-electron chi connectivity index (χ1n) is 8.12. The second-order valence-electron chi connectivity index (χ2n) is 5.92. The predicted molar refractivity (Wildman–Crippen MR) is 96.6 cm³/mol. The van der Waals surface area contributed by atoms with E-state index in [1.54, 1.807) is 7.11 Å². The molecule has 5 heteroatoms. The second kappa shape index (κ2) is 7.25. The van der Waals surface area contributed by atoms with E-state index >= 15 is 0 Å². The van der Waals surface area contributed by atoms with Crippen molar-refractivity contribution < 1.29 is 9.53 Å². The van der Waals surface area contributed by atoms with Gasteiger partial charge >= 0.3 is 0 Å². The Kier molecular flexibility index (Phi) is 4.89. The summed E-state index contributed by atoms with van der Waals surface area (Å²) in [6, 6.07) is 15.9. The molecule has 1 heterocycles. The summed E-state index contributed by atoms with van der Waals surface area (Å²) in [7, 11) is 3.70. The highest BCUT2D eigenvalue weighted by Crippen LogP contribution is 2.25. The molecule has 1 aliphatic heterocycles. The number of nitrogens with one attached hydrogen (secondary N) is 1. The van der Waals surface area contributed by atoms with E-state index in [9.17, 15) is 4.79 Å². The molecule has 1 amide bonds. The molecule has 126 valence electrons. The molecule has 3 rings (SSSR count). The number of amides is 1. The molecule has 5 nitrogen and oxygen atoms in total. The third-order valence-electron chi connectivity index (χ3n) is 4.36. The van der Waals surface area contributed by atoms with Crippen molar-refractivity contribution in [3.63, 3.8) is 0 Å². The summed E-state index contributed by atoms with van der Waals surface area (Å²) < 4.78 is 5.31. The number of fused-ring (bicyclic) bond motifs is 1. The largest absolute Gasteiger partial charge is 0.495 e. The zero-order valence-electron chi connectivity index (χ0n) is 14.2. The van der Waals surface area contributed by atoms with Gasteiger partial charge in [0.2, 0.25) is 5.91 Å². The van der Waals surface area contributed by atoms with Gasteiger partial charge in [-0.2, -0.15) is 0 Å². The van der Waals surface area contributed by atoms with Crippen molar-refractivity contribution in [2.24, 2.45) is 0 Å². The molecule has 0 saturated carbocycles. The second-order valence-corrected chi connectivity index (χ2v) is 5.92. The number of benzene rings is 2. The molecule has 1 N–H and O–H groups in total. The quantitative estimate of drug-likeness (QED) is 0.938. The molecule has 2 aromatic rings. The van der Waals surface area contributed by atoms with Crippen LogP contribution in [0, 0.1) is 0 Å². The Balaban J connectivity index is 1.67. The highest BCUT2D eigenvalue weighted by Gasteiger charge is 2.21. The normalized spacial score (nSPS) is 13.9. The summed E-state index contributed by atoms with van der Waals surface area (Å²) in [5, 5.41) is 3.19.